The summed E-state index contributed by atoms with van der Waals surface area (Å²) >= 11 is 22.9. The first kappa shape index (κ1) is 28.4. The summed E-state index contributed by atoms with van der Waals surface area (Å²) in [5.74, 6) is -0.686. The highest BCUT2D eigenvalue weighted by molar-refractivity contribution is 9.13. The average Bonchev–Trinajstić information content (AvgIpc) is 2.59. The number of aliphatic carboxylic acids is 1. The number of rotatable bonds is 16. The lowest BCUT2D eigenvalue weighted by Crippen LogP contribution is -2.27. The van der Waals surface area contributed by atoms with E-state index in [1.54, 1.807) is 0 Å². The highest BCUT2D eigenvalue weighted by Crippen LogP contribution is 2.33. The number of carboxylic acids is 1. The molecule has 1 N–H and O–H groups in total. The number of carboxylic acid groups (broad SMARTS) is 1. The molecule has 0 aromatic carbocycles. The fourth-order valence-electron chi connectivity index (χ4n) is 2.60. The number of alkyl halides is 6. The van der Waals surface area contributed by atoms with E-state index in [0.29, 0.717) is 35.4 Å². The van der Waals surface area contributed by atoms with Crippen molar-refractivity contribution >= 4 is 102 Å². The van der Waals surface area contributed by atoms with Crippen molar-refractivity contribution < 1.29 is 9.90 Å². The average molecular weight is 758 g/mol. The Morgan fingerprint density at radius 2 is 1.12 bits per heavy atom. The Balaban J connectivity index is 3.94. The normalized spacial score (nSPS) is 18.7. The minimum atomic E-state index is -0.686. The molecule has 2 nitrogen and oxygen atoms in total. The maximum Gasteiger partial charge on any atom is 0.303 e. The summed E-state index contributed by atoms with van der Waals surface area (Å²) in [6.45, 7) is 2.19. The molecular formula is C18H30Br6O2. The van der Waals surface area contributed by atoms with Crippen molar-refractivity contribution in [1.29, 1.82) is 0 Å². The van der Waals surface area contributed by atoms with Gasteiger partial charge in [-0.15, -0.1) is 0 Å². The van der Waals surface area contributed by atoms with Crippen LogP contribution in [0.4, 0.5) is 0 Å². The van der Waals surface area contributed by atoms with Gasteiger partial charge in [0.2, 0.25) is 0 Å². The van der Waals surface area contributed by atoms with Crippen LogP contribution in [0.2, 0.25) is 0 Å². The summed E-state index contributed by atoms with van der Waals surface area (Å²) in [4.78, 5) is 13.2. The van der Waals surface area contributed by atoms with E-state index in [1.807, 2.05) is 0 Å². The molecule has 0 unspecified atom stereocenters. The van der Waals surface area contributed by atoms with E-state index in [0.717, 1.165) is 44.9 Å². The van der Waals surface area contributed by atoms with Gasteiger partial charge in [0.05, 0.1) is 0 Å². The zero-order valence-corrected chi connectivity index (χ0v) is 24.7. The second-order valence-electron chi connectivity index (χ2n) is 6.68. The molecule has 0 saturated carbocycles. The van der Waals surface area contributed by atoms with Crippen molar-refractivity contribution in [3.63, 3.8) is 0 Å². The number of unbranched alkanes of at least 4 members (excludes halogenated alkanes) is 4. The maximum atomic E-state index is 10.5. The molecule has 0 spiro atoms. The van der Waals surface area contributed by atoms with Gasteiger partial charge in [0.15, 0.2) is 0 Å². The standard InChI is InChI=1S/C18H30Br6O2/c1-2-12(19)14(21)10-16(23)17(24)11-15(22)13(20)8-6-4-3-5-7-9-18(25)26/h12-17H,2-11H2,1H3,(H,25,26)/t12-,13-,14-,15+,16+,17-/m1/s1. The minimum Gasteiger partial charge on any atom is -0.481 e. The lowest BCUT2D eigenvalue weighted by atomic mass is 10.0. The monoisotopic (exact) mass is 752 g/mol. The Morgan fingerprint density at radius 1 is 0.692 bits per heavy atom. The van der Waals surface area contributed by atoms with Crippen LogP contribution in [0.1, 0.15) is 71.1 Å². The molecule has 0 saturated heterocycles. The molecule has 156 valence electrons. The Bertz CT molecular complexity index is 372. The van der Waals surface area contributed by atoms with Gasteiger partial charge in [-0.1, -0.05) is 128 Å². The van der Waals surface area contributed by atoms with Crippen LogP contribution in [0.15, 0.2) is 0 Å². The van der Waals surface area contributed by atoms with Crippen LogP contribution in [-0.4, -0.2) is 40.0 Å². The topological polar surface area (TPSA) is 37.3 Å². The van der Waals surface area contributed by atoms with Gasteiger partial charge in [-0.3, -0.25) is 4.79 Å². The Morgan fingerprint density at radius 3 is 1.62 bits per heavy atom. The predicted molar refractivity (Wildman–Crippen MR) is 136 cm³/mol. The molecule has 0 heterocycles. The first-order chi connectivity index (χ1) is 12.2. The van der Waals surface area contributed by atoms with E-state index in [4.69, 9.17) is 5.11 Å². The summed E-state index contributed by atoms with van der Waals surface area (Å²) in [6.07, 6.45) is 9.99. The third-order valence-corrected chi connectivity index (χ3v) is 12.9. The van der Waals surface area contributed by atoms with Crippen LogP contribution in [0.25, 0.3) is 0 Å². The molecule has 0 radical (unpaired) electrons. The lowest BCUT2D eigenvalue weighted by molar-refractivity contribution is -0.137. The van der Waals surface area contributed by atoms with E-state index < -0.39 is 5.97 Å². The number of hydrogen-bond acceptors (Lipinski definition) is 1. The summed E-state index contributed by atoms with van der Waals surface area (Å²) in [5, 5.41) is 8.63. The van der Waals surface area contributed by atoms with E-state index in [9.17, 15) is 4.79 Å². The van der Waals surface area contributed by atoms with Crippen LogP contribution >= 0.6 is 95.6 Å². The van der Waals surface area contributed by atoms with Gasteiger partial charge in [0, 0.05) is 35.4 Å². The Kier molecular flexibility index (Phi) is 18.6. The van der Waals surface area contributed by atoms with Crippen LogP contribution in [0, 0.1) is 0 Å². The lowest BCUT2D eigenvalue weighted by Gasteiger charge is -2.25. The van der Waals surface area contributed by atoms with Gasteiger partial charge < -0.3 is 5.11 Å². The smallest absolute Gasteiger partial charge is 0.303 e. The van der Waals surface area contributed by atoms with Gasteiger partial charge in [-0.2, -0.15) is 0 Å². The van der Waals surface area contributed by atoms with Crippen molar-refractivity contribution in [3.05, 3.63) is 0 Å². The highest BCUT2D eigenvalue weighted by Gasteiger charge is 2.26. The number of halogens is 6. The first-order valence-corrected chi connectivity index (χ1v) is 14.7. The molecule has 0 rings (SSSR count). The van der Waals surface area contributed by atoms with E-state index in [1.165, 1.54) is 12.8 Å². The maximum absolute atomic E-state index is 10.5. The first-order valence-electron chi connectivity index (χ1n) is 9.25. The van der Waals surface area contributed by atoms with Gasteiger partial charge >= 0.3 is 5.97 Å². The Hall–Kier alpha value is 2.35. The number of carbonyl (C=O) groups is 1. The largest absolute Gasteiger partial charge is 0.481 e. The second-order valence-corrected chi connectivity index (χ2v) is 13.7. The van der Waals surface area contributed by atoms with Gasteiger partial charge in [0.25, 0.3) is 0 Å². The highest BCUT2D eigenvalue weighted by atomic mass is 79.9. The molecule has 6 atom stereocenters. The van der Waals surface area contributed by atoms with Crippen molar-refractivity contribution in [3.8, 4) is 0 Å². The zero-order chi connectivity index (χ0) is 20.1. The predicted octanol–water partition coefficient (Wildman–Crippen LogP) is 8.57. The van der Waals surface area contributed by atoms with Crippen LogP contribution in [0.5, 0.6) is 0 Å². The molecule has 0 bridgehead atoms. The molecule has 26 heavy (non-hydrogen) atoms. The molecule has 0 aromatic rings. The summed E-state index contributed by atoms with van der Waals surface area (Å²) < 4.78 is 0. The molecule has 0 aliphatic carbocycles. The van der Waals surface area contributed by atoms with E-state index in [-0.39, 0.29) is 0 Å². The van der Waals surface area contributed by atoms with Gasteiger partial charge in [0.1, 0.15) is 0 Å². The quantitative estimate of drug-likeness (QED) is 0.127. The molecule has 0 fully saturated rings. The SMILES string of the molecule is CC[C@@H](Br)[C@H](Br)C[C@H](Br)[C@H](Br)C[C@H](Br)[C@H](Br)CCCCCCCC(=O)O. The molecule has 0 aliphatic heterocycles. The van der Waals surface area contributed by atoms with E-state index in [2.05, 4.69) is 103 Å². The van der Waals surface area contributed by atoms with Crippen molar-refractivity contribution in [2.24, 2.45) is 0 Å². The fraction of sp³-hybridized carbons (Fsp3) is 0.944. The summed E-state index contributed by atoms with van der Waals surface area (Å²) in [7, 11) is 0. The van der Waals surface area contributed by atoms with Crippen LogP contribution in [0.3, 0.4) is 0 Å². The fourth-order valence-corrected chi connectivity index (χ4v) is 7.04. The van der Waals surface area contributed by atoms with Crippen LogP contribution < -0.4 is 0 Å². The molecule has 8 heteroatoms. The van der Waals surface area contributed by atoms with Crippen LogP contribution in [-0.2, 0) is 4.79 Å². The second kappa shape index (κ2) is 17.1. The molecular weight excluding hydrogens is 728 g/mol. The third-order valence-electron chi connectivity index (χ3n) is 4.34. The Labute approximate surface area is 209 Å². The van der Waals surface area contributed by atoms with E-state index >= 15 is 0 Å². The van der Waals surface area contributed by atoms with Gasteiger partial charge in [-0.25, -0.2) is 0 Å². The van der Waals surface area contributed by atoms with Crippen molar-refractivity contribution in [1.82, 2.24) is 0 Å². The van der Waals surface area contributed by atoms with Gasteiger partial charge in [-0.05, 0) is 32.1 Å². The zero-order valence-electron chi connectivity index (χ0n) is 15.2. The molecule has 0 amide bonds. The molecule has 0 aromatic heterocycles. The van der Waals surface area contributed by atoms with Crippen molar-refractivity contribution in [2.45, 2.75) is 100 Å². The summed E-state index contributed by atoms with van der Waals surface area (Å²) in [6, 6.07) is 0. The minimum absolute atomic E-state index is 0.300. The summed E-state index contributed by atoms with van der Waals surface area (Å²) in [5.41, 5.74) is 0. The number of hydrogen-bond donors (Lipinski definition) is 1. The third kappa shape index (κ3) is 14.4. The van der Waals surface area contributed by atoms with Crippen molar-refractivity contribution in [2.75, 3.05) is 0 Å². The molecule has 0 aliphatic rings.